The molecule has 0 aliphatic rings. The Morgan fingerprint density at radius 2 is 1.95 bits per heavy atom. The fourth-order valence-electron chi connectivity index (χ4n) is 1.35. The first-order chi connectivity index (χ1) is 9.32. The molecule has 1 aromatic rings. The predicted molar refractivity (Wildman–Crippen MR) is 66.2 cm³/mol. The first-order valence-corrected chi connectivity index (χ1v) is 6.07. The molecule has 7 heteroatoms. The normalized spacial score (nSPS) is 12.8. The summed E-state index contributed by atoms with van der Waals surface area (Å²) in [6.07, 6.45) is -5.00. The molecular weight excluding hydrogens is 275 g/mol. The molecule has 0 heterocycles. The number of carbonyl (C=O) groups is 1. The van der Waals surface area contributed by atoms with Gasteiger partial charge in [0.15, 0.2) is 0 Å². The Bertz CT molecular complexity index is 431. The number of rotatable bonds is 6. The Morgan fingerprint density at radius 3 is 2.45 bits per heavy atom. The number of aliphatic hydroxyl groups excluding tert-OH is 1. The van der Waals surface area contributed by atoms with Crippen molar-refractivity contribution in [1.29, 1.82) is 0 Å². The number of hydrogen-bond donors (Lipinski definition) is 2. The summed E-state index contributed by atoms with van der Waals surface area (Å²) >= 11 is 0. The molecule has 1 aromatic carbocycles. The average Bonchev–Trinajstić information content (AvgIpc) is 2.41. The van der Waals surface area contributed by atoms with E-state index >= 15 is 0 Å². The van der Waals surface area contributed by atoms with Gasteiger partial charge < -0.3 is 15.2 Å². The zero-order chi connectivity index (χ0) is 15.2. The lowest BCUT2D eigenvalue weighted by Gasteiger charge is -2.13. The highest BCUT2D eigenvalue weighted by Gasteiger charge is 2.30. The van der Waals surface area contributed by atoms with Crippen LogP contribution >= 0.6 is 0 Å². The third-order valence-electron chi connectivity index (χ3n) is 2.48. The van der Waals surface area contributed by atoms with E-state index in [4.69, 9.17) is 4.74 Å². The van der Waals surface area contributed by atoms with Gasteiger partial charge in [-0.1, -0.05) is 6.92 Å². The van der Waals surface area contributed by atoms with Gasteiger partial charge in [-0.25, -0.2) is 0 Å². The lowest BCUT2D eigenvalue weighted by Crippen LogP contribution is -2.34. The maximum atomic E-state index is 12.3. The van der Waals surface area contributed by atoms with E-state index in [9.17, 15) is 23.1 Å². The average molecular weight is 291 g/mol. The van der Waals surface area contributed by atoms with Crippen LogP contribution in [-0.2, 0) is 11.0 Å². The van der Waals surface area contributed by atoms with Gasteiger partial charge in [0.25, 0.3) is 0 Å². The van der Waals surface area contributed by atoms with Crippen LogP contribution < -0.4 is 10.1 Å². The summed E-state index contributed by atoms with van der Waals surface area (Å²) in [5, 5.41) is 12.0. The highest BCUT2D eigenvalue weighted by molar-refractivity contribution is 5.75. The number of ether oxygens (including phenoxy) is 1. The van der Waals surface area contributed by atoms with Crippen molar-refractivity contribution in [3.05, 3.63) is 29.8 Å². The van der Waals surface area contributed by atoms with Crippen LogP contribution in [0.4, 0.5) is 13.2 Å². The summed E-state index contributed by atoms with van der Waals surface area (Å²) in [5.74, 6) is 0.0254. The van der Waals surface area contributed by atoms with Crippen LogP contribution in [-0.4, -0.2) is 30.3 Å². The van der Waals surface area contributed by atoms with Crippen LogP contribution in [0.15, 0.2) is 24.3 Å². The number of carbonyl (C=O) groups excluding carboxylic acids is 1. The van der Waals surface area contributed by atoms with Gasteiger partial charge in [0.05, 0.1) is 5.56 Å². The van der Waals surface area contributed by atoms with E-state index < -0.39 is 17.8 Å². The van der Waals surface area contributed by atoms with Crippen LogP contribution in [0.2, 0.25) is 0 Å². The van der Waals surface area contributed by atoms with E-state index in [0.29, 0.717) is 6.42 Å². The van der Waals surface area contributed by atoms with Crippen LogP contribution in [0.3, 0.4) is 0 Å². The molecule has 0 aliphatic heterocycles. The van der Waals surface area contributed by atoms with E-state index in [2.05, 4.69) is 5.32 Å². The van der Waals surface area contributed by atoms with E-state index in [1.807, 2.05) is 0 Å². The van der Waals surface area contributed by atoms with Crippen LogP contribution in [0, 0.1) is 0 Å². The molecular formula is C13H16F3NO3. The molecule has 1 atom stereocenters. The molecule has 1 rings (SSSR count). The Kier molecular flexibility index (Phi) is 5.82. The number of aliphatic hydroxyl groups is 1. The van der Waals surface area contributed by atoms with Gasteiger partial charge in [-0.3, -0.25) is 4.79 Å². The molecule has 0 radical (unpaired) electrons. The van der Waals surface area contributed by atoms with Gasteiger partial charge in [-0.05, 0) is 24.3 Å². The number of benzene rings is 1. The fraction of sp³-hybridized carbons (Fsp3) is 0.462. The third-order valence-corrected chi connectivity index (χ3v) is 2.48. The second-order valence-electron chi connectivity index (χ2n) is 4.14. The standard InChI is InChI=1S/C13H16F3NO3/c1-2-12(19)17-7-10(18)8-20-11-5-3-9(4-6-11)13(14,15)16/h3-6,10,18H,2,7-8H2,1H3,(H,17,19). The smallest absolute Gasteiger partial charge is 0.416 e. The molecule has 4 nitrogen and oxygen atoms in total. The number of nitrogens with one attached hydrogen (secondary N) is 1. The fourth-order valence-corrected chi connectivity index (χ4v) is 1.35. The van der Waals surface area contributed by atoms with Crippen LogP contribution in [0.1, 0.15) is 18.9 Å². The summed E-state index contributed by atoms with van der Waals surface area (Å²) in [4.78, 5) is 11.0. The molecule has 0 spiro atoms. The van der Waals surface area contributed by atoms with Crippen molar-refractivity contribution in [1.82, 2.24) is 5.32 Å². The molecule has 0 aromatic heterocycles. The Hall–Kier alpha value is -1.76. The van der Waals surface area contributed by atoms with Gasteiger partial charge >= 0.3 is 6.18 Å². The first-order valence-electron chi connectivity index (χ1n) is 6.07. The first kappa shape index (κ1) is 16.3. The number of alkyl halides is 3. The van der Waals surface area contributed by atoms with Crippen molar-refractivity contribution in [3.63, 3.8) is 0 Å². The van der Waals surface area contributed by atoms with E-state index in [1.165, 1.54) is 12.1 Å². The predicted octanol–water partition coefficient (Wildman–Crippen LogP) is 1.97. The van der Waals surface area contributed by atoms with Crippen molar-refractivity contribution >= 4 is 5.91 Å². The Labute approximate surface area is 114 Å². The monoisotopic (exact) mass is 291 g/mol. The largest absolute Gasteiger partial charge is 0.491 e. The Morgan fingerprint density at radius 1 is 1.35 bits per heavy atom. The zero-order valence-electron chi connectivity index (χ0n) is 10.9. The van der Waals surface area contributed by atoms with Gasteiger partial charge in [-0.2, -0.15) is 13.2 Å². The van der Waals surface area contributed by atoms with E-state index in [-0.39, 0.29) is 24.8 Å². The van der Waals surface area contributed by atoms with Crippen molar-refractivity contribution in [3.8, 4) is 5.75 Å². The maximum Gasteiger partial charge on any atom is 0.416 e. The van der Waals surface area contributed by atoms with Crippen molar-refractivity contribution in [2.45, 2.75) is 25.6 Å². The number of amides is 1. The number of halogens is 3. The Balaban J connectivity index is 2.40. The van der Waals surface area contributed by atoms with Crippen molar-refractivity contribution in [2.24, 2.45) is 0 Å². The second kappa shape index (κ2) is 7.14. The summed E-state index contributed by atoms with van der Waals surface area (Å²) in [6.45, 7) is 1.60. The third kappa shape index (κ3) is 5.48. The van der Waals surface area contributed by atoms with Gasteiger partial charge in [0, 0.05) is 13.0 Å². The van der Waals surface area contributed by atoms with Crippen LogP contribution in [0.5, 0.6) is 5.75 Å². The van der Waals surface area contributed by atoms with Crippen LogP contribution in [0.25, 0.3) is 0 Å². The summed E-state index contributed by atoms with van der Waals surface area (Å²) in [6, 6.07) is 4.17. The molecule has 20 heavy (non-hydrogen) atoms. The molecule has 0 saturated carbocycles. The van der Waals surface area contributed by atoms with Crippen molar-refractivity contribution in [2.75, 3.05) is 13.2 Å². The summed E-state index contributed by atoms with van der Waals surface area (Å²) < 4.78 is 42.1. The van der Waals surface area contributed by atoms with Gasteiger partial charge in [0.1, 0.15) is 18.5 Å². The molecule has 2 N–H and O–H groups in total. The minimum Gasteiger partial charge on any atom is -0.491 e. The second-order valence-corrected chi connectivity index (χ2v) is 4.14. The minimum atomic E-state index is -4.39. The topological polar surface area (TPSA) is 58.6 Å². The quantitative estimate of drug-likeness (QED) is 0.842. The molecule has 0 bridgehead atoms. The van der Waals surface area contributed by atoms with E-state index in [0.717, 1.165) is 12.1 Å². The molecule has 1 amide bonds. The molecule has 0 saturated heterocycles. The maximum absolute atomic E-state index is 12.3. The minimum absolute atomic E-state index is 0.0350. The zero-order valence-corrected chi connectivity index (χ0v) is 10.9. The summed E-state index contributed by atoms with van der Waals surface area (Å²) in [7, 11) is 0. The summed E-state index contributed by atoms with van der Waals surface area (Å²) in [5.41, 5.74) is -0.763. The van der Waals surface area contributed by atoms with E-state index in [1.54, 1.807) is 6.92 Å². The molecule has 0 fully saturated rings. The molecule has 112 valence electrons. The molecule has 1 unspecified atom stereocenters. The van der Waals surface area contributed by atoms with Crippen molar-refractivity contribution < 1.29 is 27.8 Å². The SMILES string of the molecule is CCC(=O)NCC(O)COc1ccc(C(F)(F)F)cc1. The lowest BCUT2D eigenvalue weighted by molar-refractivity contribution is -0.137. The molecule has 0 aliphatic carbocycles. The highest BCUT2D eigenvalue weighted by Crippen LogP contribution is 2.30. The van der Waals surface area contributed by atoms with Gasteiger partial charge in [-0.15, -0.1) is 0 Å². The lowest BCUT2D eigenvalue weighted by atomic mass is 10.2. The highest BCUT2D eigenvalue weighted by atomic mass is 19.4. The van der Waals surface area contributed by atoms with Gasteiger partial charge in [0.2, 0.25) is 5.91 Å². The number of hydrogen-bond acceptors (Lipinski definition) is 3.